The van der Waals surface area contributed by atoms with Crippen LogP contribution < -0.4 is 5.32 Å². The van der Waals surface area contributed by atoms with E-state index in [1.165, 1.54) is 13.0 Å². The van der Waals surface area contributed by atoms with Crippen LogP contribution in [0.25, 0.3) is 0 Å². The summed E-state index contributed by atoms with van der Waals surface area (Å²) in [5.74, 6) is -2.63. The third kappa shape index (κ3) is 3.84. The molecule has 1 saturated heterocycles. The lowest BCUT2D eigenvalue weighted by Gasteiger charge is -2.36. The van der Waals surface area contributed by atoms with Gasteiger partial charge in [-0.3, -0.25) is 4.90 Å². The number of nitrogens with zero attached hydrogens (tertiary/aromatic N) is 1. The molecule has 1 aliphatic rings. The van der Waals surface area contributed by atoms with Gasteiger partial charge >= 0.3 is 6.18 Å². The Balaban J connectivity index is 0.00000220. The van der Waals surface area contributed by atoms with Crippen LogP contribution in [-0.4, -0.2) is 37.3 Å². The van der Waals surface area contributed by atoms with Gasteiger partial charge in [-0.15, -0.1) is 12.4 Å². The quantitative estimate of drug-likeness (QED) is 0.838. The van der Waals surface area contributed by atoms with Crippen molar-refractivity contribution in [1.29, 1.82) is 0 Å². The molecule has 8 heteroatoms. The van der Waals surface area contributed by atoms with Crippen molar-refractivity contribution in [2.24, 2.45) is 0 Å². The molecule has 120 valence electrons. The molecule has 1 aliphatic heterocycles. The fourth-order valence-corrected chi connectivity index (χ4v) is 2.39. The van der Waals surface area contributed by atoms with Crippen molar-refractivity contribution in [2.75, 3.05) is 26.2 Å². The molecule has 0 saturated carbocycles. The van der Waals surface area contributed by atoms with Crippen molar-refractivity contribution in [3.63, 3.8) is 0 Å². The average molecular weight is 331 g/mol. The Labute approximate surface area is 125 Å². The second-order valence-electron chi connectivity index (χ2n) is 4.83. The van der Waals surface area contributed by atoms with Gasteiger partial charge in [-0.2, -0.15) is 13.2 Å². The molecule has 1 aromatic carbocycles. The molecule has 0 amide bonds. The molecule has 0 aromatic heterocycles. The van der Waals surface area contributed by atoms with Gasteiger partial charge in [0.05, 0.1) is 0 Å². The van der Waals surface area contributed by atoms with Gasteiger partial charge in [-0.05, 0) is 12.5 Å². The Kier molecular flexibility index (Phi) is 5.95. The molecule has 2 rings (SSSR count). The lowest BCUT2D eigenvalue weighted by molar-refractivity contribution is -0.188. The first-order valence-corrected chi connectivity index (χ1v) is 6.28. The van der Waals surface area contributed by atoms with Gasteiger partial charge in [-0.25, -0.2) is 8.78 Å². The Morgan fingerprint density at radius 2 is 1.67 bits per heavy atom. The van der Waals surface area contributed by atoms with E-state index in [2.05, 4.69) is 5.32 Å². The van der Waals surface area contributed by atoms with Crippen molar-refractivity contribution >= 4 is 12.4 Å². The molecule has 2 nitrogen and oxygen atoms in total. The third-order valence-electron chi connectivity index (χ3n) is 3.43. The molecule has 1 fully saturated rings. The second kappa shape index (κ2) is 6.89. The highest BCUT2D eigenvalue weighted by Gasteiger charge is 2.46. The van der Waals surface area contributed by atoms with Gasteiger partial charge in [0.2, 0.25) is 0 Å². The highest BCUT2D eigenvalue weighted by molar-refractivity contribution is 5.85. The number of aryl methyl sites for hydroxylation is 1. The Morgan fingerprint density at radius 1 is 1.10 bits per heavy atom. The number of halogens is 6. The number of rotatable bonds is 2. The smallest absolute Gasteiger partial charge is 0.314 e. The van der Waals surface area contributed by atoms with E-state index in [4.69, 9.17) is 0 Å². The van der Waals surface area contributed by atoms with Crippen molar-refractivity contribution in [3.05, 3.63) is 34.9 Å². The maximum Gasteiger partial charge on any atom is 0.408 e. The summed E-state index contributed by atoms with van der Waals surface area (Å²) in [7, 11) is 0. The van der Waals surface area contributed by atoms with Crippen molar-refractivity contribution < 1.29 is 22.0 Å². The SMILES string of the molecule is Cc1ccc([C@@H](N2CCNCC2)C(F)(F)F)c(F)c1F.Cl. The van der Waals surface area contributed by atoms with E-state index < -0.39 is 29.4 Å². The first-order valence-electron chi connectivity index (χ1n) is 6.28. The highest BCUT2D eigenvalue weighted by atomic mass is 35.5. The van der Waals surface area contributed by atoms with Crippen LogP contribution in [0.4, 0.5) is 22.0 Å². The number of hydrogen-bond donors (Lipinski definition) is 1. The predicted octanol–water partition coefficient (Wildman–Crippen LogP) is 3.20. The van der Waals surface area contributed by atoms with Gasteiger partial charge in [0.25, 0.3) is 0 Å². The third-order valence-corrected chi connectivity index (χ3v) is 3.43. The van der Waals surface area contributed by atoms with Crippen LogP contribution in [0.1, 0.15) is 17.2 Å². The Morgan fingerprint density at radius 3 is 2.19 bits per heavy atom. The molecular formula is C13H16ClF5N2. The number of benzene rings is 1. The van der Waals surface area contributed by atoms with E-state index in [0.29, 0.717) is 13.1 Å². The highest BCUT2D eigenvalue weighted by Crippen LogP contribution is 2.39. The minimum atomic E-state index is -4.65. The van der Waals surface area contributed by atoms with Gasteiger partial charge in [0, 0.05) is 31.7 Å². The standard InChI is InChI=1S/C13H15F5N2.ClH/c1-8-2-3-9(11(15)10(8)14)12(13(16,17)18)20-6-4-19-5-7-20;/h2-3,12,19H,4-7H2,1H3;1H/t12-;/m1./s1. The molecular weight excluding hydrogens is 315 g/mol. The van der Waals surface area contributed by atoms with Crippen LogP contribution in [-0.2, 0) is 0 Å². The summed E-state index contributed by atoms with van der Waals surface area (Å²) in [4.78, 5) is 1.13. The Bertz CT molecular complexity index is 486. The van der Waals surface area contributed by atoms with Gasteiger partial charge in [0.1, 0.15) is 6.04 Å². The maximum atomic E-state index is 13.9. The predicted molar refractivity (Wildman–Crippen MR) is 71.6 cm³/mol. The summed E-state index contributed by atoms with van der Waals surface area (Å²) >= 11 is 0. The molecule has 0 aliphatic carbocycles. The summed E-state index contributed by atoms with van der Waals surface area (Å²) in [5, 5.41) is 2.93. The van der Waals surface area contributed by atoms with Crippen molar-refractivity contribution in [3.8, 4) is 0 Å². The van der Waals surface area contributed by atoms with Gasteiger partial charge in [0.15, 0.2) is 11.6 Å². The summed E-state index contributed by atoms with van der Waals surface area (Å²) in [6.45, 7) is 2.37. The second-order valence-corrected chi connectivity index (χ2v) is 4.83. The van der Waals surface area contributed by atoms with E-state index in [1.54, 1.807) is 0 Å². The number of hydrogen-bond acceptors (Lipinski definition) is 2. The van der Waals surface area contributed by atoms with Crippen LogP contribution in [0.2, 0.25) is 0 Å². The molecule has 1 N–H and O–H groups in total. The van der Waals surface area contributed by atoms with E-state index in [9.17, 15) is 22.0 Å². The number of alkyl halides is 3. The fourth-order valence-electron chi connectivity index (χ4n) is 2.39. The normalized spacial score (nSPS) is 18.2. The zero-order chi connectivity index (χ0) is 14.9. The topological polar surface area (TPSA) is 15.3 Å². The van der Waals surface area contributed by atoms with E-state index >= 15 is 0 Å². The zero-order valence-corrected chi connectivity index (χ0v) is 12.1. The van der Waals surface area contributed by atoms with Gasteiger partial charge < -0.3 is 5.32 Å². The zero-order valence-electron chi connectivity index (χ0n) is 11.3. The van der Waals surface area contributed by atoms with Crippen LogP contribution >= 0.6 is 12.4 Å². The molecule has 0 unspecified atom stereocenters. The molecule has 21 heavy (non-hydrogen) atoms. The van der Waals surface area contributed by atoms with Crippen molar-refractivity contribution in [2.45, 2.75) is 19.1 Å². The fraction of sp³-hybridized carbons (Fsp3) is 0.538. The van der Waals surface area contributed by atoms with E-state index in [1.807, 2.05) is 0 Å². The number of piperazine rings is 1. The lowest BCUT2D eigenvalue weighted by atomic mass is 10.0. The minimum Gasteiger partial charge on any atom is -0.314 e. The molecule has 0 spiro atoms. The van der Waals surface area contributed by atoms with Crippen LogP contribution in [0, 0.1) is 18.6 Å². The molecule has 0 radical (unpaired) electrons. The monoisotopic (exact) mass is 330 g/mol. The molecule has 1 atom stereocenters. The molecule has 1 heterocycles. The molecule has 1 aromatic rings. The summed E-state index contributed by atoms with van der Waals surface area (Å²) in [5.41, 5.74) is -0.657. The summed E-state index contributed by atoms with van der Waals surface area (Å²) < 4.78 is 67.2. The van der Waals surface area contributed by atoms with Crippen LogP contribution in [0.5, 0.6) is 0 Å². The first-order chi connectivity index (χ1) is 9.32. The van der Waals surface area contributed by atoms with E-state index in [0.717, 1.165) is 11.0 Å². The van der Waals surface area contributed by atoms with Crippen LogP contribution in [0.3, 0.4) is 0 Å². The lowest BCUT2D eigenvalue weighted by Crippen LogP contribution is -2.49. The Hall–Kier alpha value is -0.920. The summed E-state index contributed by atoms with van der Waals surface area (Å²) in [6.07, 6.45) is -4.65. The largest absolute Gasteiger partial charge is 0.408 e. The minimum absolute atomic E-state index is 0. The molecule has 0 bridgehead atoms. The average Bonchev–Trinajstić information content (AvgIpc) is 2.39. The summed E-state index contributed by atoms with van der Waals surface area (Å²) in [6, 6.07) is 0.0857. The van der Waals surface area contributed by atoms with E-state index in [-0.39, 0.29) is 31.1 Å². The van der Waals surface area contributed by atoms with Crippen LogP contribution in [0.15, 0.2) is 12.1 Å². The van der Waals surface area contributed by atoms with Gasteiger partial charge in [-0.1, -0.05) is 12.1 Å². The first kappa shape index (κ1) is 18.1. The van der Waals surface area contributed by atoms with Crippen molar-refractivity contribution in [1.82, 2.24) is 10.2 Å². The number of nitrogens with one attached hydrogen (secondary N) is 1. The maximum absolute atomic E-state index is 13.9.